The van der Waals surface area contributed by atoms with E-state index in [-0.39, 0.29) is 6.54 Å². The Balaban J connectivity index is 2.32. The topological polar surface area (TPSA) is 99.7 Å². The van der Waals surface area contributed by atoms with Gasteiger partial charge in [0.05, 0.1) is 0 Å². The van der Waals surface area contributed by atoms with Crippen LogP contribution in [0.4, 0.5) is 4.79 Å². The van der Waals surface area contributed by atoms with Gasteiger partial charge in [0.1, 0.15) is 11.6 Å². The molecule has 0 radical (unpaired) electrons. The van der Waals surface area contributed by atoms with E-state index >= 15 is 0 Å². The van der Waals surface area contributed by atoms with E-state index in [1.807, 2.05) is 0 Å². The molecule has 1 aliphatic heterocycles. The number of hydrogen-bond donors (Lipinski definition) is 4. The van der Waals surface area contributed by atoms with E-state index < -0.39 is 23.7 Å². The molecule has 1 amide bonds. The highest BCUT2D eigenvalue weighted by Crippen LogP contribution is 2.09. The second-order valence-corrected chi connectivity index (χ2v) is 6.39. The summed E-state index contributed by atoms with van der Waals surface area (Å²) >= 11 is 0. The minimum Gasteiger partial charge on any atom is -0.480 e. The summed E-state index contributed by atoms with van der Waals surface area (Å²) in [4.78, 5) is 22.7. The van der Waals surface area contributed by atoms with Crippen LogP contribution in [0.25, 0.3) is 0 Å². The molecule has 0 unspecified atom stereocenters. The molecule has 1 heterocycles. The summed E-state index contributed by atoms with van der Waals surface area (Å²) in [5.74, 6) is -0.544. The van der Waals surface area contributed by atoms with Crippen LogP contribution >= 0.6 is 0 Å². The maximum Gasteiger partial charge on any atom is 0.407 e. The van der Waals surface area contributed by atoms with Gasteiger partial charge in [0.25, 0.3) is 0 Å². The molecule has 4 N–H and O–H groups in total. The third kappa shape index (κ3) is 7.87. The summed E-state index contributed by atoms with van der Waals surface area (Å²) in [5, 5.41) is 18.0. The molecule has 0 bridgehead atoms. The van der Waals surface area contributed by atoms with Crippen LogP contribution in [0, 0.1) is 5.92 Å². The van der Waals surface area contributed by atoms with Gasteiger partial charge >= 0.3 is 12.1 Å². The summed E-state index contributed by atoms with van der Waals surface area (Å²) in [6, 6.07) is -0.806. The van der Waals surface area contributed by atoms with E-state index in [1.54, 1.807) is 20.8 Å². The Labute approximate surface area is 125 Å². The largest absolute Gasteiger partial charge is 0.480 e. The number of ether oxygens (including phenoxy) is 1. The van der Waals surface area contributed by atoms with Gasteiger partial charge in [-0.15, -0.1) is 0 Å². The standard InChI is InChI=1S/C14H27N3O4/c1-14(2,3)21-13(20)17-9-11(12(18)19)16-8-10-5-4-6-15-7-10/h10-11,15-16H,4-9H2,1-3H3,(H,17,20)(H,18,19)/t10-,11+/m0/s1. The highest BCUT2D eigenvalue weighted by atomic mass is 16.6. The first-order chi connectivity index (χ1) is 9.78. The smallest absolute Gasteiger partial charge is 0.407 e. The fraction of sp³-hybridized carbons (Fsp3) is 0.857. The number of hydrogen-bond acceptors (Lipinski definition) is 5. The Morgan fingerprint density at radius 3 is 2.67 bits per heavy atom. The predicted octanol–water partition coefficient (Wildman–Crippen LogP) is 0.554. The van der Waals surface area contributed by atoms with Crippen LogP contribution in [0.1, 0.15) is 33.6 Å². The van der Waals surface area contributed by atoms with Crippen LogP contribution in [0.2, 0.25) is 0 Å². The minimum atomic E-state index is -0.977. The van der Waals surface area contributed by atoms with Crippen molar-refractivity contribution >= 4 is 12.1 Å². The second kappa shape index (κ2) is 8.19. The maximum absolute atomic E-state index is 11.5. The fourth-order valence-electron chi connectivity index (χ4n) is 2.15. The quantitative estimate of drug-likeness (QED) is 0.572. The molecule has 7 heteroatoms. The molecule has 0 aromatic carbocycles. The van der Waals surface area contributed by atoms with Crippen LogP contribution < -0.4 is 16.0 Å². The first-order valence-electron chi connectivity index (χ1n) is 7.41. The van der Waals surface area contributed by atoms with Gasteiger partial charge in [-0.3, -0.25) is 4.79 Å². The Bertz CT molecular complexity index is 349. The lowest BCUT2D eigenvalue weighted by atomic mass is 9.99. The van der Waals surface area contributed by atoms with E-state index in [9.17, 15) is 14.7 Å². The second-order valence-electron chi connectivity index (χ2n) is 6.39. The van der Waals surface area contributed by atoms with E-state index in [0.29, 0.717) is 12.5 Å². The molecule has 0 aromatic rings. The lowest BCUT2D eigenvalue weighted by molar-refractivity contribution is -0.139. The number of piperidine rings is 1. The molecular weight excluding hydrogens is 274 g/mol. The summed E-state index contributed by atoms with van der Waals surface area (Å²) < 4.78 is 5.08. The van der Waals surface area contributed by atoms with E-state index in [2.05, 4.69) is 16.0 Å². The number of alkyl carbamates (subject to hydrolysis) is 1. The molecule has 1 saturated heterocycles. The highest BCUT2D eigenvalue weighted by Gasteiger charge is 2.22. The zero-order valence-electron chi connectivity index (χ0n) is 13.1. The van der Waals surface area contributed by atoms with Crippen molar-refractivity contribution in [1.29, 1.82) is 0 Å². The summed E-state index contributed by atoms with van der Waals surface area (Å²) in [5.41, 5.74) is -0.593. The number of nitrogens with one attached hydrogen (secondary N) is 3. The lowest BCUT2D eigenvalue weighted by Gasteiger charge is -2.25. The molecular formula is C14H27N3O4. The van der Waals surface area contributed by atoms with Gasteiger partial charge in [-0.05, 0) is 52.6 Å². The molecule has 1 aliphatic rings. The SMILES string of the molecule is CC(C)(C)OC(=O)NC[C@@H](NC[C@H]1CCCNC1)C(=O)O. The van der Waals surface area contributed by atoms with Crippen LogP contribution in [0.5, 0.6) is 0 Å². The molecule has 0 spiro atoms. The summed E-state index contributed by atoms with van der Waals surface area (Å²) in [6.45, 7) is 7.84. The van der Waals surface area contributed by atoms with Crippen molar-refractivity contribution in [1.82, 2.24) is 16.0 Å². The van der Waals surface area contributed by atoms with E-state index in [4.69, 9.17) is 4.74 Å². The van der Waals surface area contributed by atoms with Crippen molar-refractivity contribution < 1.29 is 19.4 Å². The number of aliphatic carboxylic acids is 1. The normalized spacial score (nSPS) is 20.6. The maximum atomic E-state index is 11.5. The van der Waals surface area contributed by atoms with Crippen molar-refractivity contribution in [2.45, 2.75) is 45.3 Å². The zero-order chi connectivity index (χ0) is 15.9. The van der Waals surface area contributed by atoms with E-state index in [0.717, 1.165) is 25.9 Å². The molecule has 0 aliphatic carbocycles. The number of carbonyl (C=O) groups excluding carboxylic acids is 1. The fourth-order valence-corrected chi connectivity index (χ4v) is 2.15. The summed E-state index contributed by atoms with van der Waals surface area (Å²) in [7, 11) is 0. The highest BCUT2D eigenvalue weighted by molar-refractivity contribution is 5.75. The lowest BCUT2D eigenvalue weighted by Crippen LogP contribution is -2.49. The Morgan fingerprint density at radius 1 is 1.43 bits per heavy atom. The first kappa shape index (κ1) is 17.7. The molecule has 2 atom stereocenters. The van der Waals surface area contributed by atoms with Gasteiger partial charge in [-0.1, -0.05) is 0 Å². The molecule has 122 valence electrons. The molecule has 1 fully saturated rings. The molecule has 1 rings (SSSR count). The number of carboxylic acid groups (broad SMARTS) is 1. The number of carbonyl (C=O) groups is 2. The van der Waals surface area contributed by atoms with Gasteiger partial charge in [-0.25, -0.2) is 4.79 Å². The van der Waals surface area contributed by atoms with Crippen molar-refractivity contribution in [2.24, 2.45) is 5.92 Å². The predicted molar refractivity (Wildman–Crippen MR) is 79.3 cm³/mol. The van der Waals surface area contributed by atoms with Crippen molar-refractivity contribution in [2.75, 3.05) is 26.2 Å². The third-order valence-electron chi connectivity index (χ3n) is 3.20. The van der Waals surface area contributed by atoms with Gasteiger partial charge < -0.3 is 25.8 Å². The van der Waals surface area contributed by atoms with Crippen molar-refractivity contribution in [3.63, 3.8) is 0 Å². The monoisotopic (exact) mass is 301 g/mol. The van der Waals surface area contributed by atoms with Crippen LogP contribution in [-0.4, -0.2) is 55.0 Å². The van der Waals surface area contributed by atoms with Crippen LogP contribution in [0.15, 0.2) is 0 Å². The first-order valence-corrected chi connectivity index (χ1v) is 7.41. The van der Waals surface area contributed by atoms with Crippen LogP contribution in [0.3, 0.4) is 0 Å². The molecule has 0 aromatic heterocycles. The van der Waals surface area contributed by atoms with E-state index in [1.165, 1.54) is 0 Å². The average Bonchev–Trinajstić information content (AvgIpc) is 2.37. The summed E-state index contributed by atoms with van der Waals surface area (Å²) in [6.07, 6.45) is 1.60. The Hall–Kier alpha value is -1.34. The molecule has 7 nitrogen and oxygen atoms in total. The van der Waals surface area contributed by atoms with Gasteiger partial charge in [-0.2, -0.15) is 0 Å². The Morgan fingerprint density at radius 2 is 2.14 bits per heavy atom. The molecule has 21 heavy (non-hydrogen) atoms. The minimum absolute atomic E-state index is 0.00436. The number of rotatable bonds is 6. The number of carboxylic acids is 1. The average molecular weight is 301 g/mol. The van der Waals surface area contributed by atoms with Gasteiger partial charge in [0, 0.05) is 13.1 Å². The van der Waals surface area contributed by atoms with Gasteiger partial charge in [0.15, 0.2) is 0 Å². The van der Waals surface area contributed by atoms with Gasteiger partial charge in [0.2, 0.25) is 0 Å². The van der Waals surface area contributed by atoms with Crippen molar-refractivity contribution in [3.05, 3.63) is 0 Å². The molecule has 0 saturated carbocycles. The number of amides is 1. The Kier molecular flexibility index (Phi) is 6.91. The zero-order valence-corrected chi connectivity index (χ0v) is 13.1. The van der Waals surface area contributed by atoms with Crippen molar-refractivity contribution in [3.8, 4) is 0 Å². The third-order valence-corrected chi connectivity index (χ3v) is 3.20. The van der Waals surface area contributed by atoms with Crippen LogP contribution in [-0.2, 0) is 9.53 Å².